The number of carbonyl (C=O) groups is 1. The average molecular weight is 384 g/mol. The summed E-state index contributed by atoms with van der Waals surface area (Å²) < 4.78 is 10.8. The zero-order valence-corrected chi connectivity index (χ0v) is 16.0. The van der Waals surface area contributed by atoms with Crippen LogP contribution in [0.4, 0.5) is 5.69 Å². The maximum absolute atomic E-state index is 12.2. The van der Waals surface area contributed by atoms with Gasteiger partial charge in [0, 0.05) is 10.8 Å². The van der Waals surface area contributed by atoms with Crippen molar-refractivity contribution in [1.29, 1.82) is 0 Å². The van der Waals surface area contributed by atoms with Gasteiger partial charge in [0.1, 0.15) is 5.75 Å². The number of aromatic nitrogens is 1. The molecule has 0 fully saturated rings. The van der Waals surface area contributed by atoms with Crippen LogP contribution in [-0.2, 0) is 16.1 Å². The molecule has 5 nitrogen and oxygen atoms in total. The highest BCUT2D eigenvalue weighted by atomic mass is 16.6. The van der Waals surface area contributed by atoms with E-state index in [4.69, 9.17) is 14.5 Å². The highest BCUT2D eigenvalue weighted by Gasteiger charge is 2.31. The molecule has 1 aliphatic rings. The van der Waals surface area contributed by atoms with Crippen LogP contribution < -0.4 is 9.64 Å². The standard InChI is InChI=1S/C24H20N2O3/c1-28-24(27)23-15-26(21-12-6-7-13-22(21)29-23)14-20-18-10-3-2-8-16(18)17-9-4-5-11-19(17)25-20/h2-13,23H,14-15H2,1H3. The van der Waals surface area contributed by atoms with Gasteiger partial charge in [-0.05, 0) is 23.6 Å². The van der Waals surface area contributed by atoms with E-state index >= 15 is 0 Å². The van der Waals surface area contributed by atoms with E-state index in [1.807, 2.05) is 48.5 Å². The Labute approximate surface area is 168 Å². The number of ether oxygens (including phenoxy) is 2. The number of hydrogen-bond donors (Lipinski definition) is 0. The third-order valence-corrected chi connectivity index (χ3v) is 5.35. The van der Waals surface area contributed by atoms with E-state index in [1.54, 1.807) is 0 Å². The monoisotopic (exact) mass is 384 g/mol. The summed E-state index contributed by atoms with van der Waals surface area (Å²) in [5, 5.41) is 3.44. The molecule has 0 saturated carbocycles. The van der Waals surface area contributed by atoms with Gasteiger partial charge in [0.25, 0.3) is 0 Å². The number of pyridine rings is 1. The predicted octanol–water partition coefficient (Wildman–Crippen LogP) is 4.33. The molecule has 0 aliphatic carbocycles. The van der Waals surface area contributed by atoms with Gasteiger partial charge in [0.15, 0.2) is 0 Å². The Kier molecular flexibility index (Phi) is 4.28. The molecule has 1 unspecified atom stereocenters. The lowest BCUT2D eigenvalue weighted by atomic mass is 10.0. The first kappa shape index (κ1) is 17.5. The Balaban J connectivity index is 1.62. The van der Waals surface area contributed by atoms with Gasteiger partial charge in [-0.3, -0.25) is 4.98 Å². The average Bonchev–Trinajstić information content (AvgIpc) is 2.78. The molecule has 0 radical (unpaired) electrons. The first-order chi connectivity index (χ1) is 14.2. The second-order valence-corrected chi connectivity index (χ2v) is 7.10. The van der Waals surface area contributed by atoms with E-state index in [1.165, 1.54) is 12.5 Å². The normalized spacial score (nSPS) is 15.8. The zero-order chi connectivity index (χ0) is 19.8. The molecule has 0 bridgehead atoms. The van der Waals surface area contributed by atoms with Gasteiger partial charge in [0.2, 0.25) is 6.10 Å². The molecule has 0 saturated heterocycles. The summed E-state index contributed by atoms with van der Waals surface area (Å²) >= 11 is 0. The van der Waals surface area contributed by atoms with Crippen molar-refractivity contribution in [2.45, 2.75) is 12.6 Å². The molecule has 5 rings (SSSR count). The van der Waals surface area contributed by atoms with Gasteiger partial charge in [-0.2, -0.15) is 0 Å². The van der Waals surface area contributed by atoms with Gasteiger partial charge >= 0.3 is 5.97 Å². The third-order valence-electron chi connectivity index (χ3n) is 5.35. The molecule has 3 aromatic carbocycles. The molecule has 4 aromatic rings. The Morgan fingerprint density at radius 3 is 2.52 bits per heavy atom. The van der Waals surface area contributed by atoms with E-state index < -0.39 is 6.10 Å². The fraction of sp³-hybridized carbons (Fsp3) is 0.167. The van der Waals surface area contributed by atoms with Crippen molar-refractivity contribution in [3.8, 4) is 5.75 Å². The van der Waals surface area contributed by atoms with Gasteiger partial charge in [-0.1, -0.05) is 54.6 Å². The number of rotatable bonds is 3. The largest absolute Gasteiger partial charge is 0.475 e. The first-order valence-electron chi connectivity index (χ1n) is 9.59. The molecule has 0 spiro atoms. The van der Waals surface area contributed by atoms with Crippen LogP contribution >= 0.6 is 0 Å². The summed E-state index contributed by atoms with van der Waals surface area (Å²) in [5.41, 5.74) is 2.89. The SMILES string of the molecule is COC(=O)C1CN(Cc2nc3ccccc3c3ccccc23)c2ccccc2O1. The van der Waals surface area contributed by atoms with Crippen molar-refractivity contribution < 1.29 is 14.3 Å². The molecule has 1 atom stereocenters. The topological polar surface area (TPSA) is 51.7 Å². The first-order valence-corrected chi connectivity index (χ1v) is 9.59. The Morgan fingerprint density at radius 2 is 1.69 bits per heavy atom. The Bertz CT molecular complexity index is 1220. The Hall–Kier alpha value is -3.60. The lowest BCUT2D eigenvalue weighted by Crippen LogP contribution is -2.44. The predicted molar refractivity (Wildman–Crippen MR) is 113 cm³/mol. The summed E-state index contributed by atoms with van der Waals surface area (Å²) in [6.45, 7) is 0.978. The molecule has 2 heterocycles. The van der Waals surface area contributed by atoms with Crippen LogP contribution in [0.15, 0.2) is 72.8 Å². The summed E-state index contributed by atoms with van der Waals surface area (Å²) in [6, 6.07) is 24.3. The van der Waals surface area contributed by atoms with Crippen LogP contribution in [0.3, 0.4) is 0 Å². The van der Waals surface area contributed by atoms with Crippen molar-refractivity contribution in [2.75, 3.05) is 18.6 Å². The minimum atomic E-state index is -0.665. The van der Waals surface area contributed by atoms with Gasteiger partial charge < -0.3 is 14.4 Å². The van der Waals surface area contributed by atoms with E-state index in [0.717, 1.165) is 27.7 Å². The van der Waals surface area contributed by atoms with Gasteiger partial charge in [-0.25, -0.2) is 4.79 Å². The van der Waals surface area contributed by atoms with Crippen LogP contribution in [0.2, 0.25) is 0 Å². The van der Waals surface area contributed by atoms with Crippen LogP contribution in [0.5, 0.6) is 5.75 Å². The van der Waals surface area contributed by atoms with E-state index in [9.17, 15) is 4.79 Å². The number of anilines is 1. The highest BCUT2D eigenvalue weighted by molar-refractivity contribution is 6.06. The minimum Gasteiger partial charge on any atom is -0.475 e. The third kappa shape index (κ3) is 3.05. The molecule has 1 aliphatic heterocycles. The molecular formula is C24H20N2O3. The van der Waals surface area contributed by atoms with Crippen LogP contribution in [-0.4, -0.2) is 30.7 Å². The molecule has 0 amide bonds. The van der Waals surface area contributed by atoms with Crippen molar-refractivity contribution in [3.63, 3.8) is 0 Å². The number of fused-ring (bicyclic) bond motifs is 4. The second-order valence-electron chi connectivity index (χ2n) is 7.10. The maximum atomic E-state index is 12.2. The van der Waals surface area contributed by atoms with Crippen molar-refractivity contribution in [2.24, 2.45) is 0 Å². The number of hydrogen-bond acceptors (Lipinski definition) is 5. The lowest BCUT2D eigenvalue weighted by Gasteiger charge is -2.35. The van der Waals surface area contributed by atoms with Crippen LogP contribution in [0, 0.1) is 0 Å². The van der Waals surface area contributed by atoms with Crippen molar-refractivity contribution >= 4 is 33.3 Å². The Morgan fingerprint density at radius 1 is 1.00 bits per heavy atom. The maximum Gasteiger partial charge on any atom is 0.348 e. The van der Waals surface area contributed by atoms with Crippen molar-refractivity contribution in [3.05, 3.63) is 78.5 Å². The fourth-order valence-electron chi connectivity index (χ4n) is 3.99. The van der Waals surface area contributed by atoms with E-state index in [0.29, 0.717) is 18.8 Å². The number of benzene rings is 3. The number of methoxy groups -OCH3 is 1. The molecular weight excluding hydrogens is 364 g/mol. The summed E-state index contributed by atoms with van der Waals surface area (Å²) in [6.07, 6.45) is -0.665. The highest BCUT2D eigenvalue weighted by Crippen LogP contribution is 2.35. The molecule has 0 N–H and O–H groups in total. The van der Waals surface area contributed by atoms with E-state index in [-0.39, 0.29) is 5.97 Å². The smallest absolute Gasteiger partial charge is 0.348 e. The van der Waals surface area contributed by atoms with Crippen LogP contribution in [0.25, 0.3) is 21.7 Å². The van der Waals surface area contributed by atoms with Gasteiger partial charge in [-0.15, -0.1) is 0 Å². The minimum absolute atomic E-state index is 0.374. The zero-order valence-electron chi connectivity index (χ0n) is 16.0. The summed E-state index contributed by atoms with van der Waals surface area (Å²) in [7, 11) is 1.38. The number of carbonyl (C=O) groups excluding carboxylic acids is 1. The van der Waals surface area contributed by atoms with E-state index in [2.05, 4.69) is 29.2 Å². The van der Waals surface area contributed by atoms with Gasteiger partial charge in [0.05, 0.1) is 37.1 Å². The number of para-hydroxylation sites is 3. The van der Waals surface area contributed by atoms with Crippen molar-refractivity contribution in [1.82, 2.24) is 4.98 Å². The molecule has 1 aromatic heterocycles. The fourth-order valence-corrected chi connectivity index (χ4v) is 3.99. The lowest BCUT2D eigenvalue weighted by molar-refractivity contribution is -0.148. The molecule has 5 heteroatoms. The van der Waals surface area contributed by atoms with Crippen LogP contribution in [0.1, 0.15) is 5.69 Å². The molecule has 144 valence electrons. The second kappa shape index (κ2) is 7.09. The summed E-state index contributed by atoms with van der Waals surface area (Å²) in [4.78, 5) is 19.3. The quantitative estimate of drug-likeness (QED) is 0.389. The number of esters is 1. The summed E-state index contributed by atoms with van der Waals surface area (Å²) in [5.74, 6) is 0.306. The number of nitrogens with zero attached hydrogens (tertiary/aromatic N) is 2. The molecule has 29 heavy (non-hydrogen) atoms.